The highest BCUT2D eigenvalue weighted by atomic mass is 79.9. The third kappa shape index (κ3) is 3.08. The minimum Gasteiger partial charge on any atom is -0.493 e. The second kappa shape index (κ2) is 6.96. The van der Waals surface area contributed by atoms with E-state index >= 15 is 0 Å². The summed E-state index contributed by atoms with van der Waals surface area (Å²) >= 11 is 3.55. The second-order valence-corrected chi connectivity index (χ2v) is 5.71. The lowest BCUT2D eigenvalue weighted by molar-refractivity contribution is 0.195. The highest BCUT2D eigenvalue weighted by Crippen LogP contribution is 2.38. The molecule has 0 amide bonds. The van der Waals surface area contributed by atoms with E-state index in [9.17, 15) is 5.26 Å². The second-order valence-electron chi connectivity index (χ2n) is 4.86. The van der Waals surface area contributed by atoms with Gasteiger partial charge in [-0.1, -0.05) is 22.4 Å². The molecule has 0 aromatic heterocycles. The maximum absolute atomic E-state index is 9.56. The molecule has 0 aliphatic carbocycles. The normalized spacial score (nSPS) is 17.3. The van der Waals surface area contributed by atoms with Gasteiger partial charge in [0.2, 0.25) is 0 Å². The lowest BCUT2D eigenvalue weighted by Gasteiger charge is -2.31. The summed E-state index contributed by atoms with van der Waals surface area (Å²) in [6.07, 6.45) is 3.56. The molecule has 1 unspecified atom stereocenters. The van der Waals surface area contributed by atoms with E-state index in [1.807, 2.05) is 12.1 Å². The van der Waals surface area contributed by atoms with Crippen molar-refractivity contribution in [1.82, 2.24) is 4.90 Å². The topological polar surface area (TPSA) is 45.5 Å². The molecule has 1 atom stereocenters. The number of benzene rings is 1. The monoisotopic (exact) mass is 338 g/mol. The summed E-state index contributed by atoms with van der Waals surface area (Å²) in [5, 5.41) is 9.56. The third-order valence-electron chi connectivity index (χ3n) is 3.68. The molecule has 5 heteroatoms. The number of hydrogen-bond donors (Lipinski definition) is 0. The number of likely N-dealkylation sites (tertiary alicyclic amines) is 1. The molecule has 1 aromatic rings. The first kappa shape index (κ1) is 15.1. The van der Waals surface area contributed by atoms with Crippen LogP contribution in [0.15, 0.2) is 16.6 Å². The Morgan fingerprint density at radius 1 is 1.15 bits per heavy atom. The van der Waals surface area contributed by atoms with E-state index in [0.29, 0.717) is 11.5 Å². The molecule has 1 aliphatic heterocycles. The Hall–Kier alpha value is -1.25. The van der Waals surface area contributed by atoms with Crippen LogP contribution < -0.4 is 9.47 Å². The van der Waals surface area contributed by atoms with Crippen molar-refractivity contribution in [3.05, 3.63) is 22.2 Å². The molecule has 2 rings (SSSR count). The molecule has 0 N–H and O–H groups in total. The maximum atomic E-state index is 9.56. The van der Waals surface area contributed by atoms with Gasteiger partial charge in [-0.15, -0.1) is 0 Å². The van der Waals surface area contributed by atoms with Gasteiger partial charge in [0.15, 0.2) is 11.5 Å². The van der Waals surface area contributed by atoms with Gasteiger partial charge in [-0.25, -0.2) is 0 Å². The van der Waals surface area contributed by atoms with E-state index in [4.69, 9.17) is 9.47 Å². The summed E-state index contributed by atoms with van der Waals surface area (Å²) < 4.78 is 11.5. The van der Waals surface area contributed by atoms with Crippen molar-refractivity contribution >= 4 is 15.9 Å². The van der Waals surface area contributed by atoms with Crippen molar-refractivity contribution in [3.63, 3.8) is 0 Å². The Labute approximate surface area is 128 Å². The van der Waals surface area contributed by atoms with Crippen molar-refractivity contribution in [2.45, 2.75) is 25.3 Å². The predicted molar refractivity (Wildman–Crippen MR) is 81.0 cm³/mol. The molecule has 20 heavy (non-hydrogen) atoms. The molecule has 1 heterocycles. The largest absolute Gasteiger partial charge is 0.493 e. The smallest absolute Gasteiger partial charge is 0.161 e. The van der Waals surface area contributed by atoms with Gasteiger partial charge in [-0.05, 0) is 38.1 Å². The molecule has 108 valence electrons. The number of piperidine rings is 1. The fraction of sp³-hybridized carbons (Fsp3) is 0.533. The van der Waals surface area contributed by atoms with Gasteiger partial charge < -0.3 is 9.47 Å². The van der Waals surface area contributed by atoms with Crippen LogP contribution in [0.5, 0.6) is 11.5 Å². The van der Waals surface area contributed by atoms with Crippen LogP contribution in [0, 0.1) is 11.3 Å². The molecule has 0 radical (unpaired) electrons. The van der Waals surface area contributed by atoms with Crippen LogP contribution in [-0.2, 0) is 0 Å². The number of halogens is 1. The van der Waals surface area contributed by atoms with Gasteiger partial charge in [0, 0.05) is 10.0 Å². The third-order valence-corrected chi connectivity index (χ3v) is 4.36. The molecule has 0 saturated carbocycles. The first-order chi connectivity index (χ1) is 9.71. The summed E-state index contributed by atoms with van der Waals surface area (Å²) in [6, 6.07) is 5.93. The zero-order chi connectivity index (χ0) is 14.5. The fourth-order valence-electron chi connectivity index (χ4n) is 2.60. The Bertz CT molecular complexity index is 507. The summed E-state index contributed by atoms with van der Waals surface area (Å²) in [7, 11) is 3.22. The lowest BCUT2D eigenvalue weighted by Crippen LogP contribution is -2.33. The van der Waals surface area contributed by atoms with Crippen LogP contribution in [-0.4, -0.2) is 32.2 Å². The van der Waals surface area contributed by atoms with E-state index in [0.717, 1.165) is 36.0 Å². The molecular weight excluding hydrogens is 320 g/mol. The van der Waals surface area contributed by atoms with E-state index in [-0.39, 0.29) is 6.04 Å². The SMILES string of the molecule is COc1cc(Br)c(C(C#N)N2CCCCC2)cc1OC. The number of hydrogen-bond acceptors (Lipinski definition) is 4. The average molecular weight is 339 g/mol. The van der Waals surface area contributed by atoms with Gasteiger partial charge in [-0.3, -0.25) is 4.90 Å². The van der Waals surface area contributed by atoms with E-state index in [2.05, 4.69) is 26.9 Å². The Kier molecular flexibility index (Phi) is 5.27. The molecule has 0 spiro atoms. The summed E-state index contributed by atoms with van der Waals surface area (Å²) in [6.45, 7) is 1.94. The van der Waals surface area contributed by atoms with Crippen LogP contribution >= 0.6 is 15.9 Å². The van der Waals surface area contributed by atoms with Crippen molar-refractivity contribution in [2.24, 2.45) is 0 Å². The zero-order valence-corrected chi connectivity index (χ0v) is 13.4. The minimum atomic E-state index is -0.246. The first-order valence-corrected chi connectivity index (χ1v) is 7.55. The van der Waals surface area contributed by atoms with Crippen LogP contribution in [0.25, 0.3) is 0 Å². The van der Waals surface area contributed by atoms with Crippen LogP contribution in [0.1, 0.15) is 30.9 Å². The predicted octanol–water partition coefficient (Wildman–Crippen LogP) is 3.52. The minimum absolute atomic E-state index is 0.246. The first-order valence-electron chi connectivity index (χ1n) is 6.76. The van der Waals surface area contributed by atoms with Crippen LogP contribution in [0.3, 0.4) is 0 Å². The zero-order valence-electron chi connectivity index (χ0n) is 11.9. The lowest BCUT2D eigenvalue weighted by atomic mass is 10.0. The molecule has 1 aliphatic rings. The van der Waals surface area contributed by atoms with Crippen LogP contribution in [0.4, 0.5) is 0 Å². The van der Waals surface area contributed by atoms with E-state index < -0.39 is 0 Å². The van der Waals surface area contributed by atoms with Crippen molar-refractivity contribution in [2.75, 3.05) is 27.3 Å². The summed E-state index contributed by atoms with van der Waals surface area (Å²) in [5.74, 6) is 1.32. The molecule has 1 saturated heterocycles. The van der Waals surface area contributed by atoms with Gasteiger partial charge in [0.25, 0.3) is 0 Å². The average Bonchev–Trinajstić information content (AvgIpc) is 2.50. The Balaban J connectivity index is 2.36. The van der Waals surface area contributed by atoms with Gasteiger partial charge in [0.05, 0.1) is 20.3 Å². The van der Waals surface area contributed by atoms with Crippen molar-refractivity contribution in [3.8, 4) is 17.6 Å². The van der Waals surface area contributed by atoms with E-state index in [1.54, 1.807) is 14.2 Å². The van der Waals surface area contributed by atoms with E-state index in [1.165, 1.54) is 6.42 Å². The molecular formula is C15H19BrN2O2. The van der Waals surface area contributed by atoms with Gasteiger partial charge >= 0.3 is 0 Å². The molecule has 1 fully saturated rings. The Morgan fingerprint density at radius 2 is 1.75 bits per heavy atom. The molecule has 1 aromatic carbocycles. The highest BCUT2D eigenvalue weighted by molar-refractivity contribution is 9.10. The maximum Gasteiger partial charge on any atom is 0.161 e. The number of rotatable bonds is 4. The number of methoxy groups -OCH3 is 2. The standard InChI is InChI=1S/C15H19BrN2O2/c1-19-14-8-11(12(16)9-15(14)20-2)13(10-17)18-6-4-3-5-7-18/h8-9,13H,3-7H2,1-2H3. The Morgan fingerprint density at radius 3 is 2.30 bits per heavy atom. The summed E-state index contributed by atoms with van der Waals surface area (Å²) in [4.78, 5) is 2.23. The number of ether oxygens (including phenoxy) is 2. The highest BCUT2D eigenvalue weighted by Gasteiger charge is 2.25. The molecule has 0 bridgehead atoms. The van der Waals surface area contributed by atoms with Crippen LogP contribution in [0.2, 0.25) is 0 Å². The number of nitrogens with zero attached hydrogens (tertiary/aromatic N) is 2. The number of nitriles is 1. The van der Waals surface area contributed by atoms with Crippen molar-refractivity contribution in [1.29, 1.82) is 5.26 Å². The molecule has 4 nitrogen and oxygen atoms in total. The fourth-order valence-corrected chi connectivity index (χ4v) is 3.14. The van der Waals surface area contributed by atoms with Crippen molar-refractivity contribution < 1.29 is 9.47 Å². The van der Waals surface area contributed by atoms with Gasteiger partial charge in [0.1, 0.15) is 6.04 Å². The summed E-state index contributed by atoms with van der Waals surface area (Å²) in [5.41, 5.74) is 0.937. The van der Waals surface area contributed by atoms with Gasteiger partial charge in [-0.2, -0.15) is 5.26 Å². The quantitative estimate of drug-likeness (QED) is 0.842.